The fraction of sp³-hybridized carbons (Fsp3) is 0.333. The Morgan fingerprint density at radius 1 is 1.33 bits per heavy atom. The van der Waals surface area contributed by atoms with Crippen LogP contribution in [0.4, 0.5) is 4.39 Å². The van der Waals surface area contributed by atoms with Gasteiger partial charge in [-0.3, -0.25) is 0 Å². The Bertz CT molecular complexity index is 790. The van der Waals surface area contributed by atoms with Crippen LogP contribution >= 0.6 is 11.3 Å². The van der Waals surface area contributed by atoms with Crippen LogP contribution in [-0.2, 0) is 13.1 Å². The first-order valence-corrected chi connectivity index (χ1v) is 7.78. The average molecular weight is 304 g/mol. The van der Waals surface area contributed by atoms with Gasteiger partial charge in [-0.2, -0.15) is 0 Å². The predicted octanol–water partition coefficient (Wildman–Crippen LogP) is 3.48. The summed E-state index contributed by atoms with van der Waals surface area (Å²) in [5.41, 5.74) is 7.81. The molecule has 0 spiro atoms. The second-order valence-corrected chi connectivity index (χ2v) is 6.00. The number of aryl methyl sites for hydroxylation is 2. The van der Waals surface area contributed by atoms with Gasteiger partial charge >= 0.3 is 0 Å². The molecule has 0 aliphatic carbocycles. The number of hydrogen-bond donors (Lipinski definition) is 1. The molecule has 0 aliphatic rings. The van der Waals surface area contributed by atoms with Gasteiger partial charge in [-0.25, -0.2) is 14.4 Å². The lowest BCUT2D eigenvalue weighted by atomic mass is 10.3. The van der Waals surface area contributed by atoms with E-state index in [2.05, 4.69) is 21.5 Å². The number of hydrogen-bond acceptors (Lipinski definition) is 4. The van der Waals surface area contributed by atoms with E-state index in [-0.39, 0.29) is 5.82 Å². The molecule has 0 amide bonds. The van der Waals surface area contributed by atoms with Gasteiger partial charge in [-0.05, 0) is 25.5 Å². The minimum Gasteiger partial charge on any atom is -0.325 e. The van der Waals surface area contributed by atoms with Crippen molar-refractivity contribution in [2.75, 3.05) is 0 Å². The molecular weight excluding hydrogens is 287 g/mol. The van der Waals surface area contributed by atoms with E-state index in [1.165, 1.54) is 17.4 Å². The van der Waals surface area contributed by atoms with Gasteiger partial charge in [-0.1, -0.05) is 13.0 Å². The van der Waals surface area contributed by atoms with Crippen LogP contribution < -0.4 is 5.73 Å². The Hall–Kier alpha value is -1.79. The van der Waals surface area contributed by atoms with Crippen LogP contribution in [0.25, 0.3) is 21.7 Å². The van der Waals surface area contributed by atoms with Crippen molar-refractivity contribution < 1.29 is 4.39 Å². The first kappa shape index (κ1) is 14.2. The molecule has 0 radical (unpaired) electrons. The van der Waals surface area contributed by atoms with E-state index in [4.69, 9.17) is 5.73 Å². The number of thiazole rings is 1. The van der Waals surface area contributed by atoms with Crippen molar-refractivity contribution in [1.82, 2.24) is 14.5 Å². The maximum Gasteiger partial charge on any atom is 0.153 e. The maximum absolute atomic E-state index is 14.0. The van der Waals surface area contributed by atoms with Gasteiger partial charge in [0.25, 0.3) is 0 Å². The third kappa shape index (κ3) is 2.34. The van der Waals surface area contributed by atoms with Crippen LogP contribution in [0.15, 0.2) is 18.2 Å². The van der Waals surface area contributed by atoms with Gasteiger partial charge in [-0.15, -0.1) is 11.3 Å². The average Bonchev–Trinajstić information content (AvgIpc) is 3.01. The normalized spacial score (nSPS) is 11.4. The lowest BCUT2D eigenvalue weighted by Gasteiger charge is -2.06. The Morgan fingerprint density at radius 2 is 2.14 bits per heavy atom. The summed E-state index contributed by atoms with van der Waals surface area (Å²) < 4.78 is 16.1. The van der Waals surface area contributed by atoms with Crippen LogP contribution in [0, 0.1) is 12.7 Å². The lowest BCUT2D eigenvalue weighted by molar-refractivity contribution is 0.637. The summed E-state index contributed by atoms with van der Waals surface area (Å²) in [7, 11) is 0. The van der Waals surface area contributed by atoms with Crippen molar-refractivity contribution in [1.29, 1.82) is 0 Å². The molecule has 0 unspecified atom stereocenters. The molecule has 3 rings (SSSR count). The second kappa shape index (κ2) is 5.54. The van der Waals surface area contributed by atoms with Crippen LogP contribution in [0.2, 0.25) is 0 Å². The second-order valence-electron chi connectivity index (χ2n) is 4.92. The van der Waals surface area contributed by atoms with Gasteiger partial charge in [0, 0.05) is 13.1 Å². The largest absolute Gasteiger partial charge is 0.325 e. The van der Waals surface area contributed by atoms with Crippen LogP contribution in [0.5, 0.6) is 0 Å². The van der Waals surface area contributed by atoms with Crippen molar-refractivity contribution in [2.24, 2.45) is 5.73 Å². The molecule has 3 aromatic rings. The van der Waals surface area contributed by atoms with E-state index < -0.39 is 0 Å². The molecular formula is C15H17FN4S. The third-order valence-corrected chi connectivity index (χ3v) is 4.57. The van der Waals surface area contributed by atoms with Gasteiger partial charge in [0.15, 0.2) is 11.6 Å². The van der Waals surface area contributed by atoms with Gasteiger partial charge < -0.3 is 10.3 Å². The van der Waals surface area contributed by atoms with Gasteiger partial charge in [0.1, 0.15) is 10.5 Å². The molecule has 2 aromatic heterocycles. The summed E-state index contributed by atoms with van der Waals surface area (Å²) in [5.74, 6) is 0.497. The molecule has 110 valence electrons. The first-order chi connectivity index (χ1) is 10.2. The monoisotopic (exact) mass is 304 g/mol. The molecule has 21 heavy (non-hydrogen) atoms. The quantitative estimate of drug-likeness (QED) is 0.803. The number of para-hydroxylation sites is 1. The maximum atomic E-state index is 14.0. The lowest BCUT2D eigenvalue weighted by Crippen LogP contribution is -1.99. The van der Waals surface area contributed by atoms with Crippen molar-refractivity contribution in [3.05, 3.63) is 34.7 Å². The topological polar surface area (TPSA) is 56.7 Å². The molecule has 0 saturated carbocycles. The number of rotatable bonds is 4. The van der Waals surface area contributed by atoms with Gasteiger partial charge in [0.05, 0.1) is 16.1 Å². The van der Waals surface area contributed by atoms with E-state index >= 15 is 0 Å². The molecule has 0 bridgehead atoms. The Labute approximate surface area is 126 Å². The van der Waals surface area contributed by atoms with E-state index in [0.717, 1.165) is 39.9 Å². The number of aromatic nitrogens is 3. The van der Waals surface area contributed by atoms with Crippen molar-refractivity contribution in [3.8, 4) is 10.7 Å². The molecule has 2 N–H and O–H groups in total. The minimum absolute atomic E-state index is 0.287. The first-order valence-electron chi connectivity index (χ1n) is 6.97. The summed E-state index contributed by atoms with van der Waals surface area (Å²) in [6, 6.07) is 5.07. The molecule has 2 heterocycles. The summed E-state index contributed by atoms with van der Waals surface area (Å²) in [6.45, 7) is 5.25. The molecule has 0 aliphatic heterocycles. The minimum atomic E-state index is -0.287. The third-order valence-electron chi connectivity index (χ3n) is 3.40. The smallest absolute Gasteiger partial charge is 0.153 e. The summed E-state index contributed by atoms with van der Waals surface area (Å²) in [6.07, 6.45) is 0.955. The molecule has 6 heteroatoms. The van der Waals surface area contributed by atoms with Crippen molar-refractivity contribution in [2.45, 2.75) is 33.4 Å². The molecule has 0 fully saturated rings. The Kier molecular flexibility index (Phi) is 3.73. The van der Waals surface area contributed by atoms with E-state index in [0.29, 0.717) is 12.1 Å². The zero-order chi connectivity index (χ0) is 15.0. The number of imidazole rings is 1. The predicted molar refractivity (Wildman–Crippen MR) is 83.7 cm³/mol. The molecule has 4 nitrogen and oxygen atoms in total. The summed E-state index contributed by atoms with van der Waals surface area (Å²) >= 11 is 1.53. The van der Waals surface area contributed by atoms with Crippen LogP contribution in [0.3, 0.4) is 0 Å². The SMILES string of the molecule is CCCn1c(-c2sc(CN)nc2C)nc2c(F)cccc21. The van der Waals surface area contributed by atoms with Crippen molar-refractivity contribution in [3.63, 3.8) is 0 Å². The highest BCUT2D eigenvalue weighted by molar-refractivity contribution is 7.15. The highest BCUT2D eigenvalue weighted by Gasteiger charge is 2.19. The number of fused-ring (bicyclic) bond motifs is 1. The highest BCUT2D eigenvalue weighted by Crippen LogP contribution is 2.32. The number of nitrogens with zero attached hydrogens (tertiary/aromatic N) is 3. The fourth-order valence-corrected chi connectivity index (χ4v) is 3.43. The molecule has 0 atom stereocenters. The van der Waals surface area contributed by atoms with Gasteiger partial charge in [0.2, 0.25) is 0 Å². The van der Waals surface area contributed by atoms with Crippen molar-refractivity contribution >= 4 is 22.4 Å². The zero-order valence-electron chi connectivity index (χ0n) is 12.1. The van der Waals surface area contributed by atoms with Crippen LogP contribution in [-0.4, -0.2) is 14.5 Å². The molecule has 0 saturated heterocycles. The summed E-state index contributed by atoms with van der Waals surface area (Å²) in [5, 5.41) is 0.873. The Morgan fingerprint density at radius 3 is 2.81 bits per heavy atom. The standard InChI is InChI=1S/C15H17FN4S/c1-3-7-20-11-6-4-5-10(16)13(11)19-15(20)14-9(2)18-12(8-17)21-14/h4-6H,3,7-8,17H2,1-2H3. The van der Waals surface area contributed by atoms with E-state index in [9.17, 15) is 4.39 Å². The Balaban J connectivity index is 2.27. The molecule has 1 aromatic carbocycles. The van der Waals surface area contributed by atoms with E-state index in [1.54, 1.807) is 6.07 Å². The highest BCUT2D eigenvalue weighted by atomic mass is 32.1. The number of benzene rings is 1. The fourth-order valence-electron chi connectivity index (χ4n) is 2.48. The summed E-state index contributed by atoms with van der Waals surface area (Å²) in [4.78, 5) is 9.94. The zero-order valence-corrected chi connectivity index (χ0v) is 12.9. The van der Waals surface area contributed by atoms with Crippen LogP contribution in [0.1, 0.15) is 24.0 Å². The number of halogens is 1. The number of nitrogens with two attached hydrogens (primary N) is 1. The van der Waals surface area contributed by atoms with E-state index in [1.807, 2.05) is 13.0 Å².